The standard InChI is InChI=1S/C18H18ClN5/c1-11-6-2-3-7-12(11)16-10-15(13-8-4-5-9-14(13)19)21-18-22-17(20)23-24(16)18/h2-9,15-16H,10H2,1H3,(H3,20,21,22,23)/t15-,16-/m0/s1. The monoisotopic (exact) mass is 339 g/mol. The number of nitrogen functional groups attached to an aromatic ring is 1. The lowest BCUT2D eigenvalue weighted by atomic mass is 9.91. The van der Waals surface area contributed by atoms with E-state index in [1.165, 1.54) is 11.1 Å². The average Bonchev–Trinajstić information content (AvgIpc) is 2.95. The van der Waals surface area contributed by atoms with Crippen LogP contribution in [0.3, 0.4) is 0 Å². The molecule has 5 nitrogen and oxygen atoms in total. The first kappa shape index (κ1) is 15.0. The molecule has 3 aromatic rings. The molecule has 24 heavy (non-hydrogen) atoms. The molecule has 1 aliphatic heterocycles. The Labute approximate surface area is 145 Å². The lowest BCUT2D eigenvalue weighted by Gasteiger charge is -2.32. The fourth-order valence-corrected chi connectivity index (χ4v) is 3.64. The molecule has 0 saturated carbocycles. The van der Waals surface area contributed by atoms with Crippen molar-refractivity contribution < 1.29 is 0 Å². The lowest BCUT2D eigenvalue weighted by molar-refractivity contribution is 0.430. The van der Waals surface area contributed by atoms with Gasteiger partial charge in [-0.25, -0.2) is 4.68 Å². The number of fused-ring (bicyclic) bond motifs is 1. The maximum atomic E-state index is 6.41. The van der Waals surface area contributed by atoms with Crippen LogP contribution in [0.25, 0.3) is 0 Å². The Balaban J connectivity index is 1.81. The van der Waals surface area contributed by atoms with Crippen molar-refractivity contribution in [3.63, 3.8) is 0 Å². The molecule has 2 aromatic carbocycles. The van der Waals surface area contributed by atoms with Gasteiger partial charge in [-0.3, -0.25) is 0 Å². The van der Waals surface area contributed by atoms with E-state index in [1.807, 2.05) is 35.0 Å². The van der Waals surface area contributed by atoms with Crippen molar-refractivity contribution in [3.8, 4) is 0 Å². The number of hydrogen-bond donors (Lipinski definition) is 2. The van der Waals surface area contributed by atoms with Crippen molar-refractivity contribution in [1.82, 2.24) is 14.8 Å². The fraction of sp³-hybridized carbons (Fsp3) is 0.222. The molecule has 6 heteroatoms. The summed E-state index contributed by atoms with van der Waals surface area (Å²) in [6, 6.07) is 16.4. The van der Waals surface area contributed by atoms with Crippen LogP contribution in [-0.4, -0.2) is 14.8 Å². The molecule has 1 aromatic heterocycles. The third-order valence-electron chi connectivity index (χ3n) is 4.53. The van der Waals surface area contributed by atoms with Gasteiger partial charge in [0.1, 0.15) is 0 Å². The summed E-state index contributed by atoms with van der Waals surface area (Å²) in [4.78, 5) is 4.34. The molecule has 1 aliphatic rings. The number of nitrogens with one attached hydrogen (secondary N) is 1. The molecule has 0 radical (unpaired) electrons. The minimum absolute atomic E-state index is 0.0550. The molecule has 0 unspecified atom stereocenters. The van der Waals surface area contributed by atoms with Gasteiger partial charge in [-0.1, -0.05) is 54.1 Å². The number of rotatable bonds is 2. The Kier molecular flexibility index (Phi) is 3.65. The number of aryl methyl sites for hydroxylation is 1. The van der Waals surface area contributed by atoms with Gasteiger partial charge in [-0.2, -0.15) is 4.98 Å². The summed E-state index contributed by atoms with van der Waals surface area (Å²) in [5, 5.41) is 8.56. The summed E-state index contributed by atoms with van der Waals surface area (Å²) in [6.45, 7) is 2.11. The predicted molar refractivity (Wildman–Crippen MR) is 96.2 cm³/mol. The van der Waals surface area contributed by atoms with E-state index in [2.05, 4.69) is 40.5 Å². The summed E-state index contributed by atoms with van der Waals surface area (Å²) in [5.74, 6) is 0.952. The molecule has 2 atom stereocenters. The molecule has 0 amide bonds. The largest absolute Gasteiger partial charge is 0.366 e. The van der Waals surface area contributed by atoms with Gasteiger partial charge in [0.05, 0.1) is 12.1 Å². The summed E-state index contributed by atoms with van der Waals surface area (Å²) in [7, 11) is 0. The highest BCUT2D eigenvalue weighted by atomic mass is 35.5. The van der Waals surface area contributed by atoms with Crippen LogP contribution in [0.15, 0.2) is 48.5 Å². The zero-order valence-corrected chi connectivity index (χ0v) is 14.0. The number of benzene rings is 2. The zero-order valence-electron chi connectivity index (χ0n) is 13.3. The van der Waals surface area contributed by atoms with Crippen LogP contribution in [0, 0.1) is 6.92 Å². The molecule has 4 rings (SSSR count). The molecular weight excluding hydrogens is 322 g/mol. The van der Waals surface area contributed by atoms with Crippen LogP contribution >= 0.6 is 11.6 Å². The maximum absolute atomic E-state index is 6.41. The van der Waals surface area contributed by atoms with E-state index < -0.39 is 0 Å². The van der Waals surface area contributed by atoms with Crippen LogP contribution in [0.2, 0.25) is 5.02 Å². The first-order valence-corrected chi connectivity index (χ1v) is 8.30. The van der Waals surface area contributed by atoms with Gasteiger partial charge in [0.2, 0.25) is 11.9 Å². The van der Waals surface area contributed by atoms with Crippen molar-refractivity contribution in [2.75, 3.05) is 11.1 Å². The van der Waals surface area contributed by atoms with Crippen molar-refractivity contribution >= 4 is 23.5 Å². The quantitative estimate of drug-likeness (QED) is 0.741. The van der Waals surface area contributed by atoms with Crippen LogP contribution in [0.5, 0.6) is 0 Å². The zero-order chi connectivity index (χ0) is 16.7. The van der Waals surface area contributed by atoms with E-state index in [9.17, 15) is 0 Å². The van der Waals surface area contributed by atoms with Gasteiger partial charge in [-0.05, 0) is 36.1 Å². The Hall–Kier alpha value is -2.53. The molecule has 3 N–H and O–H groups in total. The molecule has 0 saturated heterocycles. The van der Waals surface area contributed by atoms with Gasteiger partial charge in [-0.15, -0.1) is 5.10 Å². The van der Waals surface area contributed by atoms with Crippen LogP contribution in [-0.2, 0) is 0 Å². The van der Waals surface area contributed by atoms with Gasteiger partial charge in [0.15, 0.2) is 0 Å². The van der Waals surface area contributed by atoms with Crippen LogP contribution in [0.1, 0.15) is 35.2 Å². The third-order valence-corrected chi connectivity index (χ3v) is 4.88. The average molecular weight is 340 g/mol. The highest BCUT2D eigenvalue weighted by Crippen LogP contribution is 2.40. The SMILES string of the molecule is Cc1ccccc1[C@@H]1C[C@@H](c2ccccc2Cl)Nc2nc(N)nn21. The number of nitrogens with two attached hydrogens (primary N) is 1. The topological polar surface area (TPSA) is 68.8 Å². The van der Waals surface area contributed by atoms with Crippen molar-refractivity contribution in [2.24, 2.45) is 0 Å². The summed E-state index contributed by atoms with van der Waals surface area (Å²) >= 11 is 6.41. The van der Waals surface area contributed by atoms with Gasteiger partial charge < -0.3 is 11.1 Å². The Morgan fingerprint density at radius 3 is 2.58 bits per heavy atom. The second-order valence-electron chi connectivity index (χ2n) is 6.06. The van der Waals surface area contributed by atoms with E-state index in [0.29, 0.717) is 5.95 Å². The first-order valence-electron chi connectivity index (χ1n) is 7.92. The molecule has 0 bridgehead atoms. The number of hydrogen-bond acceptors (Lipinski definition) is 4. The minimum Gasteiger partial charge on any atom is -0.366 e. The fourth-order valence-electron chi connectivity index (χ4n) is 3.38. The van der Waals surface area contributed by atoms with Gasteiger partial charge in [0.25, 0.3) is 0 Å². The first-order chi connectivity index (χ1) is 11.6. The van der Waals surface area contributed by atoms with E-state index in [0.717, 1.165) is 17.0 Å². The molecular formula is C18H18ClN5. The molecule has 0 fully saturated rings. The summed E-state index contributed by atoms with van der Waals surface area (Å²) in [6.07, 6.45) is 0.824. The second-order valence-corrected chi connectivity index (χ2v) is 6.47. The van der Waals surface area contributed by atoms with Crippen LogP contribution in [0.4, 0.5) is 11.9 Å². The van der Waals surface area contributed by atoms with Crippen molar-refractivity contribution in [3.05, 3.63) is 70.2 Å². The van der Waals surface area contributed by atoms with Gasteiger partial charge >= 0.3 is 0 Å². The van der Waals surface area contributed by atoms with Crippen LogP contribution < -0.4 is 11.1 Å². The van der Waals surface area contributed by atoms with Crippen molar-refractivity contribution in [2.45, 2.75) is 25.4 Å². The Morgan fingerprint density at radius 1 is 1.12 bits per heavy atom. The normalized spacial score (nSPS) is 19.6. The molecule has 0 spiro atoms. The maximum Gasteiger partial charge on any atom is 0.241 e. The highest BCUT2D eigenvalue weighted by molar-refractivity contribution is 6.31. The number of halogens is 1. The Morgan fingerprint density at radius 2 is 1.83 bits per heavy atom. The molecule has 0 aliphatic carbocycles. The molecule has 2 heterocycles. The summed E-state index contributed by atoms with van der Waals surface area (Å²) < 4.78 is 1.88. The lowest BCUT2D eigenvalue weighted by Crippen LogP contribution is -2.28. The number of aromatic nitrogens is 3. The van der Waals surface area contributed by atoms with E-state index >= 15 is 0 Å². The Bertz CT molecular complexity index is 889. The highest BCUT2D eigenvalue weighted by Gasteiger charge is 2.32. The summed E-state index contributed by atoms with van der Waals surface area (Å²) in [5.41, 5.74) is 9.35. The van der Waals surface area contributed by atoms with E-state index in [-0.39, 0.29) is 18.0 Å². The minimum atomic E-state index is 0.0550. The van der Waals surface area contributed by atoms with Crippen molar-refractivity contribution in [1.29, 1.82) is 0 Å². The number of nitrogens with zero attached hydrogens (tertiary/aromatic N) is 3. The number of anilines is 2. The van der Waals surface area contributed by atoms with E-state index in [1.54, 1.807) is 0 Å². The van der Waals surface area contributed by atoms with E-state index in [4.69, 9.17) is 17.3 Å². The molecule has 122 valence electrons. The predicted octanol–water partition coefficient (Wildman–Crippen LogP) is 3.97. The smallest absolute Gasteiger partial charge is 0.241 e. The van der Waals surface area contributed by atoms with Gasteiger partial charge in [0, 0.05) is 5.02 Å². The third kappa shape index (κ3) is 2.51. The second kappa shape index (κ2) is 5.83.